The number of benzene rings is 2. The van der Waals surface area contributed by atoms with E-state index in [9.17, 15) is 14.3 Å². The number of nitrogens with zero attached hydrogens (tertiary/aromatic N) is 2. The number of carbonyl (C=O) groups is 1. The van der Waals surface area contributed by atoms with Crippen LogP contribution in [-0.4, -0.2) is 35.9 Å². The van der Waals surface area contributed by atoms with Crippen molar-refractivity contribution in [1.82, 2.24) is 10.3 Å². The third-order valence-electron chi connectivity index (χ3n) is 5.13. The lowest BCUT2D eigenvalue weighted by molar-refractivity contribution is 0.181. The van der Waals surface area contributed by atoms with E-state index in [0.717, 1.165) is 16.7 Å². The molecular formula is C23H22FN3O3. The van der Waals surface area contributed by atoms with Gasteiger partial charge in [-0.3, -0.25) is 9.88 Å². The molecule has 2 aromatic carbocycles. The zero-order valence-electron chi connectivity index (χ0n) is 16.3. The molecule has 0 bridgehead atoms. The van der Waals surface area contributed by atoms with Gasteiger partial charge in [-0.25, -0.2) is 9.18 Å². The maximum absolute atomic E-state index is 14.7. The van der Waals surface area contributed by atoms with E-state index in [-0.39, 0.29) is 12.6 Å². The minimum atomic E-state index is -0.458. The van der Waals surface area contributed by atoms with Gasteiger partial charge in [-0.15, -0.1) is 0 Å². The number of hydrogen-bond donors (Lipinski definition) is 2. The Kier molecular flexibility index (Phi) is 6.02. The quantitative estimate of drug-likeness (QED) is 0.625. The Morgan fingerprint density at radius 1 is 1.13 bits per heavy atom. The highest BCUT2D eigenvalue weighted by molar-refractivity contribution is 5.89. The molecular weight excluding hydrogens is 385 g/mol. The summed E-state index contributed by atoms with van der Waals surface area (Å²) in [5.41, 5.74) is 3.63. The second-order valence-electron chi connectivity index (χ2n) is 7.02. The molecule has 154 valence electrons. The number of ether oxygens (including phenoxy) is 1. The molecule has 1 amide bonds. The van der Waals surface area contributed by atoms with Crippen LogP contribution in [0.2, 0.25) is 0 Å². The van der Waals surface area contributed by atoms with E-state index in [2.05, 4.69) is 10.3 Å². The zero-order valence-corrected chi connectivity index (χ0v) is 16.3. The lowest BCUT2D eigenvalue weighted by Gasteiger charge is -2.18. The van der Waals surface area contributed by atoms with Gasteiger partial charge in [0.05, 0.1) is 24.9 Å². The molecule has 1 aromatic heterocycles. The summed E-state index contributed by atoms with van der Waals surface area (Å²) in [7, 11) is 0. The molecule has 1 atom stereocenters. The summed E-state index contributed by atoms with van der Waals surface area (Å²) in [5, 5.41) is 13.1. The zero-order chi connectivity index (χ0) is 20.9. The number of pyridine rings is 1. The number of hydrogen-bond acceptors (Lipinski definition) is 5. The fourth-order valence-corrected chi connectivity index (χ4v) is 3.46. The number of aliphatic hydroxyl groups excluding tert-OH is 1. The Morgan fingerprint density at radius 2 is 1.90 bits per heavy atom. The Bertz CT molecular complexity index is 1010. The van der Waals surface area contributed by atoms with E-state index in [1.807, 2.05) is 36.4 Å². The summed E-state index contributed by atoms with van der Waals surface area (Å²) in [4.78, 5) is 17.1. The highest BCUT2D eigenvalue weighted by Crippen LogP contribution is 2.29. The molecule has 1 saturated heterocycles. The van der Waals surface area contributed by atoms with Gasteiger partial charge in [0.2, 0.25) is 0 Å². The van der Waals surface area contributed by atoms with Crippen molar-refractivity contribution in [3.05, 3.63) is 83.9 Å². The predicted octanol–water partition coefficient (Wildman–Crippen LogP) is 3.67. The molecule has 2 N–H and O–H groups in total. The van der Waals surface area contributed by atoms with E-state index >= 15 is 0 Å². The molecule has 7 heteroatoms. The molecule has 0 saturated carbocycles. The van der Waals surface area contributed by atoms with Crippen molar-refractivity contribution < 1.29 is 19.0 Å². The number of amides is 1. The minimum Gasteiger partial charge on any atom is -0.447 e. The highest BCUT2D eigenvalue weighted by Gasteiger charge is 2.24. The van der Waals surface area contributed by atoms with Crippen LogP contribution >= 0.6 is 0 Å². The molecule has 0 aliphatic carbocycles. The van der Waals surface area contributed by atoms with Gasteiger partial charge in [-0.05, 0) is 47.0 Å². The topological polar surface area (TPSA) is 74.7 Å². The van der Waals surface area contributed by atoms with Gasteiger partial charge in [0.15, 0.2) is 0 Å². The number of carbonyl (C=O) groups excluding carboxylic acids is 1. The average molecular weight is 407 g/mol. The molecule has 6 nitrogen and oxygen atoms in total. The van der Waals surface area contributed by atoms with Gasteiger partial charge < -0.3 is 15.2 Å². The molecule has 1 aliphatic heterocycles. The van der Waals surface area contributed by atoms with Crippen molar-refractivity contribution in [3.8, 4) is 11.1 Å². The van der Waals surface area contributed by atoms with Gasteiger partial charge in [0.25, 0.3) is 0 Å². The molecule has 30 heavy (non-hydrogen) atoms. The molecule has 1 aliphatic rings. The van der Waals surface area contributed by atoms with Crippen LogP contribution in [0.3, 0.4) is 0 Å². The second-order valence-corrected chi connectivity index (χ2v) is 7.02. The number of anilines is 1. The standard InChI is InChI=1S/C23H22FN3O3/c24-21-13-19(27-11-12-30-23(27)29)5-6-20(21)17-1-3-18(4-2-17)22(15-28)26-14-16-7-9-25-10-8-16/h1-10,13,22,26,28H,11-12,14-15H2/t22-/m0/s1. The maximum Gasteiger partial charge on any atom is 0.414 e. The molecule has 0 radical (unpaired) electrons. The van der Waals surface area contributed by atoms with Crippen LogP contribution in [-0.2, 0) is 11.3 Å². The van der Waals surface area contributed by atoms with Crippen LogP contribution in [0.15, 0.2) is 67.0 Å². The lowest BCUT2D eigenvalue weighted by Crippen LogP contribution is -2.24. The normalized spacial score (nSPS) is 14.6. The molecule has 2 heterocycles. The van der Waals surface area contributed by atoms with Crippen molar-refractivity contribution in [3.63, 3.8) is 0 Å². The van der Waals surface area contributed by atoms with E-state index in [0.29, 0.717) is 30.9 Å². The van der Waals surface area contributed by atoms with Crippen molar-refractivity contribution in [2.45, 2.75) is 12.6 Å². The first-order chi connectivity index (χ1) is 14.7. The molecule has 0 spiro atoms. The molecule has 1 fully saturated rings. The maximum atomic E-state index is 14.7. The first kappa shape index (κ1) is 20.0. The molecule has 0 unspecified atom stereocenters. The predicted molar refractivity (Wildman–Crippen MR) is 111 cm³/mol. The molecule has 4 rings (SSSR count). The fourth-order valence-electron chi connectivity index (χ4n) is 3.46. The van der Waals surface area contributed by atoms with Crippen molar-refractivity contribution in [2.75, 3.05) is 24.7 Å². The van der Waals surface area contributed by atoms with Gasteiger partial charge in [0.1, 0.15) is 12.4 Å². The van der Waals surface area contributed by atoms with Crippen LogP contribution in [0.5, 0.6) is 0 Å². The van der Waals surface area contributed by atoms with E-state index in [4.69, 9.17) is 4.74 Å². The van der Waals surface area contributed by atoms with Crippen LogP contribution in [0.25, 0.3) is 11.1 Å². The lowest BCUT2D eigenvalue weighted by atomic mass is 10.00. The Labute approximate surface area is 173 Å². The van der Waals surface area contributed by atoms with Crippen LogP contribution in [0.1, 0.15) is 17.2 Å². The molecule has 3 aromatic rings. The summed E-state index contributed by atoms with van der Waals surface area (Å²) in [6.45, 7) is 1.27. The van der Waals surface area contributed by atoms with Gasteiger partial charge in [0, 0.05) is 24.5 Å². The highest BCUT2D eigenvalue weighted by atomic mass is 19.1. The summed E-state index contributed by atoms with van der Waals surface area (Å²) >= 11 is 0. The first-order valence-electron chi connectivity index (χ1n) is 9.73. The number of rotatable bonds is 7. The number of nitrogens with one attached hydrogen (secondary N) is 1. The van der Waals surface area contributed by atoms with Gasteiger partial charge >= 0.3 is 6.09 Å². The number of halogens is 1. The average Bonchev–Trinajstić information content (AvgIpc) is 3.21. The smallest absolute Gasteiger partial charge is 0.414 e. The van der Waals surface area contributed by atoms with Crippen LogP contribution in [0.4, 0.5) is 14.9 Å². The monoisotopic (exact) mass is 407 g/mol. The summed E-state index contributed by atoms with van der Waals surface area (Å²) in [6, 6.07) is 15.7. The summed E-state index contributed by atoms with van der Waals surface area (Å²) < 4.78 is 19.6. The van der Waals surface area contributed by atoms with Crippen LogP contribution in [0, 0.1) is 5.82 Å². The summed E-state index contributed by atoms with van der Waals surface area (Å²) in [5.74, 6) is -0.408. The van der Waals surface area contributed by atoms with E-state index in [1.54, 1.807) is 24.5 Å². The number of aromatic nitrogens is 1. The number of cyclic esters (lactones) is 1. The van der Waals surface area contributed by atoms with Crippen LogP contribution < -0.4 is 10.2 Å². The minimum absolute atomic E-state index is 0.0561. The third-order valence-corrected chi connectivity index (χ3v) is 5.13. The van der Waals surface area contributed by atoms with E-state index < -0.39 is 11.9 Å². The Hall–Kier alpha value is -3.29. The first-order valence-corrected chi connectivity index (χ1v) is 9.73. The Morgan fingerprint density at radius 3 is 2.53 bits per heavy atom. The largest absolute Gasteiger partial charge is 0.447 e. The van der Waals surface area contributed by atoms with Crippen molar-refractivity contribution in [2.24, 2.45) is 0 Å². The number of aliphatic hydroxyl groups is 1. The third kappa shape index (κ3) is 4.32. The SMILES string of the molecule is O=C1OCCN1c1ccc(-c2ccc([C@H](CO)NCc3ccncc3)cc2)c(F)c1. The van der Waals surface area contributed by atoms with Gasteiger partial charge in [-0.2, -0.15) is 0 Å². The van der Waals surface area contributed by atoms with Crippen molar-refractivity contribution >= 4 is 11.8 Å². The van der Waals surface area contributed by atoms with E-state index in [1.165, 1.54) is 11.0 Å². The van der Waals surface area contributed by atoms with Crippen molar-refractivity contribution in [1.29, 1.82) is 0 Å². The van der Waals surface area contributed by atoms with Gasteiger partial charge in [-0.1, -0.05) is 24.3 Å². The second kappa shape index (κ2) is 9.02. The Balaban J connectivity index is 1.47. The summed E-state index contributed by atoms with van der Waals surface area (Å²) in [6.07, 6.45) is 3.00. The fraction of sp³-hybridized carbons (Fsp3) is 0.217.